The maximum absolute atomic E-state index is 10.6. The molecule has 3 N–H and O–H groups in total. The molecular formula is C15H13BrCl3NO. The van der Waals surface area contributed by atoms with Crippen LogP contribution >= 0.6 is 50.7 Å². The van der Waals surface area contributed by atoms with Gasteiger partial charge >= 0.3 is 0 Å². The van der Waals surface area contributed by atoms with E-state index in [0.29, 0.717) is 20.6 Å². The fourth-order valence-corrected chi connectivity index (χ4v) is 3.14. The molecule has 2 aromatic rings. The highest BCUT2D eigenvalue weighted by atomic mass is 79.9. The molecule has 2 nitrogen and oxygen atoms in total. The molecule has 0 heterocycles. The lowest BCUT2D eigenvalue weighted by atomic mass is 9.89. The second kappa shape index (κ2) is 7.32. The van der Waals surface area contributed by atoms with Crippen LogP contribution in [0.2, 0.25) is 15.1 Å². The number of rotatable bonds is 4. The Morgan fingerprint density at radius 1 is 1.05 bits per heavy atom. The van der Waals surface area contributed by atoms with E-state index < -0.39 is 6.10 Å². The first kappa shape index (κ1) is 17.1. The van der Waals surface area contributed by atoms with Gasteiger partial charge in [-0.05, 0) is 51.3 Å². The Labute approximate surface area is 146 Å². The van der Waals surface area contributed by atoms with Crippen LogP contribution in [0.25, 0.3) is 0 Å². The van der Waals surface area contributed by atoms with E-state index in [1.54, 1.807) is 36.4 Å². The normalized spacial score (nSPS) is 14.0. The van der Waals surface area contributed by atoms with Gasteiger partial charge in [0.15, 0.2) is 0 Å². The molecule has 2 unspecified atom stereocenters. The van der Waals surface area contributed by atoms with Gasteiger partial charge in [-0.3, -0.25) is 0 Å². The molecule has 0 saturated heterocycles. The van der Waals surface area contributed by atoms with Crippen LogP contribution in [0.15, 0.2) is 40.9 Å². The highest BCUT2D eigenvalue weighted by Crippen LogP contribution is 2.37. The average molecular weight is 410 g/mol. The molecule has 0 radical (unpaired) electrons. The third-order valence-electron chi connectivity index (χ3n) is 3.28. The van der Waals surface area contributed by atoms with E-state index in [1.165, 1.54) is 0 Å². The molecule has 0 saturated carbocycles. The summed E-state index contributed by atoms with van der Waals surface area (Å²) in [6, 6.07) is 10.5. The molecular weight excluding hydrogens is 396 g/mol. The van der Waals surface area contributed by atoms with Crippen molar-refractivity contribution in [2.45, 2.75) is 12.0 Å². The zero-order valence-electron chi connectivity index (χ0n) is 10.9. The third kappa shape index (κ3) is 3.92. The second-order valence-corrected chi connectivity index (χ2v) is 6.73. The number of aliphatic hydroxyl groups is 1. The van der Waals surface area contributed by atoms with Crippen LogP contribution in [0, 0.1) is 0 Å². The van der Waals surface area contributed by atoms with E-state index in [2.05, 4.69) is 15.9 Å². The molecule has 0 aliphatic carbocycles. The van der Waals surface area contributed by atoms with Crippen LogP contribution in [-0.4, -0.2) is 11.7 Å². The van der Waals surface area contributed by atoms with Crippen molar-refractivity contribution in [3.8, 4) is 0 Å². The molecule has 21 heavy (non-hydrogen) atoms. The molecule has 0 fully saturated rings. The largest absolute Gasteiger partial charge is 0.388 e. The predicted molar refractivity (Wildman–Crippen MR) is 92.4 cm³/mol. The fourth-order valence-electron chi connectivity index (χ4n) is 2.16. The summed E-state index contributed by atoms with van der Waals surface area (Å²) in [7, 11) is 0. The average Bonchev–Trinajstić information content (AvgIpc) is 2.44. The Kier molecular flexibility index (Phi) is 5.95. The maximum Gasteiger partial charge on any atom is 0.0871 e. The molecule has 0 spiro atoms. The number of halogens is 4. The SMILES string of the molecule is NCC(c1ccc(Cl)cc1Cl)C(O)c1ccc(Br)c(Cl)c1. The molecule has 0 amide bonds. The molecule has 2 rings (SSSR count). The van der Waals surface area contributed by atoms with E-state index in [4.69, 9.17) is 40.5 Å². The van der Waals surface area contributed by atoms with Gasteiger partial charge in [0.25, 0.3) is 0 Å². The summed E-state index contributed by atoms with van der Waals surface area (Å²) in [5, 5.41) is 12.2. The van der Waals surface area contributed by atoms with Gasteiger partial charge in [-0.2, -0.15) is 0 Å². The van der Waals surface area contributed by atoms with Crippen molar-refractivity contribution in [3.05, 3.63) is 67.1 Å². The van der Waals surface area contributed by atoms with E-state index in [9.17, 15) is 5.11 Å². The first-order valence-corrected chi connectivity index (χ1v) is 8.14. The predicted octanol–water partition coefficient (Wildman–Crippen LogP) is 5.19. The number of nitrogens with two attached hydrogens (primary N) is 1. The smallest absolute Gasteiger partial charge is 0.0871 e. The van der Waals surface area contributed by atoms with Crippen LogP contribution in [0.3, 0.4) is 0 Å². The summed E-state index contributed by atoms with van der Waals surface area (Å²) in [5.41, 5.74) is 7.27. The molecule has 0 bridgehead atoms. The highest BCUT2D eigenvalue weighted by molar-refractivity contribution is 9.10. The number of aliphatic hydroxyl groups excluding tert-OH is 1. The molecule has 112 valence electrons. The van der Waals surface area contributed by atoms with E-state index in [1.807, 2.05) is 0 Å². The van der Waals surface area contributed by atoms with Crippen molar-refractivity contribution in [3.63, 3.8) is 0 Å². The first-order chi connectivity index (χ1) is 9.93. The van der Waals surface area contributed by atoms with Gasteiger partial charge < -0.3 is 10.8 Å². The van der Waals surface area contributed by atoms with E-state index in [-0.39, 0.29) is 12.5 Å². The van der Waals surface area contributed by atoms with Crippen molar-refractivity contribution in [1.29, 1.82) is 0 Å². The lowest BCUT2D eigenvalue weighted by molar-refractivity contribution is 0.147. The molecule has 2 atom stereocenters. The summed E-state index contributed by atoms with van der Waals surface area (Å²) in [6.07, 6.45) is -0.806. The van der Waals surface area contributed by atoms with Crippen LogP contribution in [0.1, 0.15) is 23.1 Å². The zero-order valence-corrected chi connectivity index (χ0v) is 14.7. The molecule has 2 aromatic carbocycles. The van der Waals surface area contributed by atoms with Gasteiger partial charge in [0.05, 0.1) is 11.1 Å². The molecule has 6 heteroatoms. The van der Waals surface area contributed by atoms with Gasteiger partial charge in [0.2, 0.25) is 0 Å². The van der Waals surface area contributed by atoms with Crippen LogP contribution in [0.5, 0.6) is 0 Å². The Morgan fingerprint density at radius 2 is 1.76 bits per heavy atom. The maximum atomic E-state index is 10.6. The summed E-state index contributed by atoms with van der Waals surface area (Å²) in [5.74, 6) is -0.341. The van der Waals surface area contributed by atoms with Gasteiger partial charge in [0.1, 0.15) is 0 Å². The highest BCUT2D eigenvalue weighted by Gasteiger charge is 2.24. The topological polar surface area (TPSA) is 46.2 Å². The Hall–Kier alpha value is -0.290. The van der Waals surface area contributed by atoms with E-state index in [0.717, 1.165) is 10.0 Å². The summed E-state index contributed by atoms with van der Waals surface area (Å²) < 4.78 is 0.772. The second-order valence-electron chi connectivity index (χ2n) is 4.63. The Balaban J connectivity index is 2.37. The Morgan fingerprint density at radius 3 is 2.33 bits per heavy atom. The summed E-state index contributed by atoms with van der Waals surface area (Å²) in [4.78, 5) is 0. The van der Waals surface area contributed by atoms with Gasteiger partial charge in [-0.15, -0.1) is 0 Å². The number of benzene rings is 2. The monoisotopic (exact) mass is 407 g/mol. The van der Waals surface area contributed by atoms with Crippen molar-refractivity contribution >= 4 is 50.7 Å². The van der Waals surface area contributed by atoms with Crippen molar-refractivity contribution in [2.75, 3.05) is 6.54 Å². The van der Waals surface area contributed by atoms with Gasteiger partial charge in [-0.1, -0.05) is 46.9 Å². The van der Waals surface area contributed by atoms with Gasteiger partial charge in [-0.25, -0.2) is 0 Å². The lowest BCUT2D eigenvalue weighted by Crippen LogP contribution is -2.20. The summed E-state index contributed by atoms with van der Waals surface area (Å²) in [6.45, 7) is 0.246. The van der Waals surface area contributed by atoms with Crippen LogP contribution in [-0.2, 0) is 0 Å². The standard InChI is InChI=1S/C15H13BrCl3NO/c16-12-4-1-8(5-14(12)19)15(21)11(7-20)10-3-2-9(17)6-13(10)18/h1-6,11,15,21H,7,20H2. The minimum absolute atomic E-state index is 0.246. The number of hydrogen-bond donors (Lipinski definition) is 2. The third-order valence-corrected chi connectivity index (χ3v) is 5.08. The van der Waals surface area contributed by atoms with Crippen LogP contribution in [0.4, 0.5) is 0 Å². The quantitative estimate of drug-likeness (QED) is 0.730. The van der Waals surface area contributed by atoms with Crippen molar-refractivity contribution < 1.29 is 5.11 Å². The lowest BCUT2D eigenvalue weighted by Gasteiger charge is -2.23. The zero-order chi connectivity index (χ0) is 15.6. The summed E-state index contributed by atoms with van der Waals surface area (Å²) >= 11 is 21.5. The Bertz CT molecular complexity index is 651. The minimum Gasteiger partial charge on any atom is -0.388 e. The molecule has 0 aromatic heterocycles. The van der Waals surface area contributed by atoms with Gasteiger partial charge in [0, 0.05) is 27.0 Å². The fraction of sp³-hybridized carbons (Fsp3) is 0.200. The number of hydrogen-bond acceptors (Lipinski definition) is 2. The first-order valence-electron chi connectivity index (χ1n) is 6.22. The van der Waals surface area contributed by atoms with Crippen molar-refractivity contribution in [2.24, 2.45) is 5.73 Å². The van der Waals surface area contributed by atoms with Crippen LogP contribution < -0.4 is 5.73 Å². The molecule has 0 aliphatic heterocycles. The minimum atomic E-state index is -0.806. The molecule has 0 aliphatic rings. The van der Waals surface area contributed by atoms with Crippen molar-refractivity contribution in [1.82, 2.24) is 0 Å². The van der Waals surface area contributed by atoms with E-state index >= 15 is 0 Å².